The molecule has 0 spiro atoms. The third kappa shape index (κ3) is 6.35. The van der Waals surface area contributed by atoms with Crippen LogP contribution in [0.25, 0.3) is 0 Å². The molecule has 0 atom stereocenters. The molecule has 4 rings (SSSR count). The fourth-order valence-electron chi connectivity index (χ4n) is 4.44. The molecular weight excluding hydrogens is 457 g/mol. The summed E-state index contributed by atoms with van der Waals surface area (Å²) >= 11 is 0. The summed E-state index contributed by atoms with van der Waals surface area (Å²) in [5, 5.41) is 11.8. The van der Waals surface area contributed by atoms with Gasteiger partial charge in [0.05, 0.1) is 24.4 Å². The Bertz CT molecular complexity index is 1060. The van der Waals surface area contributed by atoms with Crippen LogP contribution in [0, 0.1) is 0 Å². The predicted octanol–water partition coefficient (Wildman–Crippen LogP) is 5.95. The Morgan fingerprint density at radius 1 is 0.657 bits per heavy atom. The Labute approximate surface area is 203 Å². The quantitative estimate of drug-likeness (QED) is 0.462. The highest BCUT2D eigenvalue weighted by molar-refractivity contribution is 5.38. The summed E-state index contributed by atoms with van der Waals surface area (Å²) in [7, 11) is 0. The first-order valence-corrected chi connectivity index (χ1v) is 11.7. The van der Waals surface area contributed by atoms with Gasteiger partial charge in [-0.05, 0) is 60.6 Å². The van der Waals surface area contributed by atoms with Gasteiger partial charge in [0.25, 0.3) is 0 Å². The van der Waals surface area contributed by atoms with Crippen molar-refractivity contribution in [1.29, 1.82) is 0 Å². The molecule has 0 aliphatic carbocycles. The summed E-state index contributed by atoms with van der Waals surface area (Å²) in [6.07, 6.45) is -3.70. The third-order valence-electron chi connectivity index (χ3n) is 6.27. The van der Waals surface area contributed by atoms with Crippen LogP contribution >= 0.6 is 0 Å². The van der Waals surface area contributed by atoms with Gasteiger partial charge in [0.15, 0.2) is 0 Å². The van der Waals surface area contributed by atoms with E-state index in [9.17, 15) is 18.3 Å². The normalized spacial score (nSPS) is 17.4. The number of aliphatic hydroxyl groups is 1. The number of fused-ring (bicyclic) bond motifs is 2. The van der Waals surface area contributed by atoms with Gasteiger partial charge in [-0.25, -0.2) is 0 Å². The first-order valence-electron chi connectivity index (χ1n) is 11.7. The zero-order chi connectivity index (χ0) is 24.7. The van der Waals surface area contributed by atoms with Gasteiger partial charge in [0.1, 0.15) is 24.7 Å². The smallest absolute Gasteiger partial charge is 0.416 e. The van der Waals surface area contributed by atoms with Crippen LogP contribution in [0.1, 0.15) is 35.1 Å². The largest absolute Gasteiger partial charge is 0.491 e. The number of alkyl halides is 3. The van der Waals surface area contributed by atoms with Gasteiger partial charge in [0, 0.05) is 0 Å². The Hall–Kier alpha value is -3.03. The number of ether oxygens (including phenoxy) is 3. The van der Waals surface area contributed by atoms with Crippen molar-refractivity contribution in [2.75, 3.05) is 26.4 Å². The van der Waals surface area contributed by atoms with Crippen molar-refractivity contribution in [3.8, 4) is 11.5 Å². The molecule has 35 heavy (non-hydrogen) atoms. The van der Waals surface area contributed by atoms with Gasteiger partial charge in [-0.1, -0.05) is 54.6 Å². The van der Waals surface area contributed by atoms with Crippen LogP contribution < -0.4 is 9.47 Å². The van der Waals surface area contributed by atoms with Crippen LogP contribution in [0.4, 0.5) is 13.2 Å². The maximum atomic E-state index is 13.9. The number of hydrogen-bond donors (Lipinski definition) is 1. The lowest BCUT2D eigenvalue weighted by Crippen LogP contribution is -2.31. The van der Waals surface area contributed by atoms with Crippen molar-refractivity contribution in [2.24, 2.45) is 0 Å². The van der Waals surface area contributed by atoms with Crippen molar-refractivity contribution in [3.05, 3.63) is 95.1 Å². The zero-order valence-electron chi connectivity index (χ0n) is 19.4. The number of rotatable bonds is 1. The number of benzene rings is 3. The maximum Gasteiger partial charge on any atom is 0.416 e. The van der Waals surface area contributed by atoms with Crippen LogP contribution in [0.15, 0.2) is 72.8 Å². The van der Waals surface area contributed by atoms with Crippen LogP contribution in [-0.2, 0) is 29.4 Å². The molecule has 1 heterocycles. The number of hydrogen-bond acceptors (Lipinski definition) is 4. The molecule has 0 fully saturated rings. The van der Waals surface area contributed by atoms with E-state index in [1.165, 1.54) is 18.2 Å². The maximum absolute atomic E-state index is 13.9. The predicted molar refractivity (Wildman–Crippen MR) is 127 cm³/mol. The number of aryl methyl sites for hydroxylation is 2. The van der Waals surface area contributed by atoms with E-state index in [-0.39, 0.29) is 18.4 Å². The van der Waals surface area contributed by atoms with E-state index in [2.05, 4.69) is 0 Å². The SMILES string of the molecule is OC1(c2ccccc2C(F)(F)F)CCc2ccccc2OCCOCCOc2ccccc2CC1. The molecule has 4 nitrogen and oxygen atoms in total. The molecule has 1 N–H and O–H groups in total. The summed E-state index contributed by atoms with van der Waals surface area (Å²) in [5.41, 5.74) is -0.994. The number of halogens is 3. The minimum absolute atomic E-state index is 0.0972. The average Bonchev–Trinajstić information content (AvgIpc) is 2.86. The van der Waals surface area contributed by atoms with E-state index in [0.717, 1.165) is 17.2 Å². The Balaban J connectivity index is 1.72. The fraction of sp³-hybridized carbons (Fsp3) is 0.357. The summed E-state index contributed by atoms with van der Waals surface area (Å²) in [6, 6.07) is 20.1. The van der Waals surface area contributed by atoms with Crippen molar-refractivity contribution >= 4 is 0 Å². The molecular formula is C28H29F3O4. The van der Waals surface area contributed by atoms with Crippen molar-refractivity contribution < 1.29 is 32.5 Å². The summed E-state index contributed by atoms with van der Waals surface area (Å²) < 4.78 is 59.1. The van der Waals surface area contributed by atoms with Gasteiger partial charge in [-0.15, -0.1) is 0 Å². The lowest BCUT2D eigenvalue weighted by molar-refractivity contribution is -0.141. The van der Waals surface area contributed by atoms with Crippen LogP contribution in [0.5, 0.6) is 11.5 Å². The van der Waals surface area contributed by atoms with E-state index in [1.807, 2.05) is 48.5 Å². The lowest BCUT2D eigenvalue weighted by Gasteiger charge is -2.32. The standard InChI is InChI=1S/C28H29F3O4/c29-28(30,31)24-10-4-3-9-23(24)27(32)15-13-21-7-1-5-11-25(21)34-19-17-33-18-20-35-26-12-6-2-8-22(26)14-16-27/h1-12,32H,13-20H2. The number of para-hydroxylation sites is 2. The second-order valence-corrected chi connectivity index (χ2v) is 8.60. The summed E-state index contributed by atoms with van der Waals surface area (Å²) in [4.78, 5) is 0. The molecule has 0 saturated heterocycles. The van der Waals surface area contributed by atoms with Crippen molar-refractivity contribution in [2.45, 2.75) is 37.5 Å². The molecule has 0 aromatic heterocycles. The Morgan fingerprint density at radius 2 is 1.14 bits per heavy atom. The van der Waals surface area contributed by atoms with Gasteiger partial charge >= 0.3 is 6.18 Å². The molecule has 3 aromatic carbocycles. The van der Waals surface area contributed by atoms with Crippen LogP contribution in [0.3, 0.4) is 0 Å². The first kappa shape index (κ1) is 25.1. The van der Waals surface area contributed by atoms with Gasteiger partial charge in [-0.3, -0.25) is 0 Å². The monoisotopic (exact) mass is 486 g/mol. The first-order chi connectivity index (χ1) is 16.9. The molecule has 0 amide bonds. The molecule has 0 unspecified atom stereocenters. The second-order valence-electron chi connectivity index (χ2n) is 8.60. The molecule has 0 saturated carbocycles. The molecule has 0 radical (unpaired) electrons. The highest BCUT2D eigenvalue weighted by Gasteiger charge is 2.40. The second kappa shape index (κ2) is 11.1. The van der Waals surface area contributed by atoms with Crippen molar-refractivity contribution in [3.63, 3.8) is 0 Å². The van der Waals surface area contributed by atoms with Crippen LogP contribution in [0.2, 0.25) is 0 Å². The summed E-state index contributed by atoms with van der Waals surface area (Å²) in [5.74, 6) is 1.27. The molecule has 1 aliphatic heterocycles. The molecule has 0 bridgehead atoms. The average molecular weight is 487 g/mol. The minimum Gasteiger partial charge on any atom is -0.491 e. The van der Waals surface area contributed by atoms with Crippen LogP contribution in [-0.4, -0.2) is 31.5 Å². The molecule has 7 heteroatoms. The molecule has 3 aromatic rings. The van der Waals surface area contributed by atoms with E-state index in [0.29, 0.717) is 50.8 Å². The van der Waals surface area contributed by atoms with E-state index >= 15 is 0 Å². The van der Waals surface area contributed by atoms with E-state index < -0.39 is 17.3 Å². The van der Waals surface area contributed by atoms with Gasteiger partial charge in [0.2, 0.25) is 0 Å². The van der Waals surface area contributed by atoms with E-state index in [1.54, 1.807) is 0 Å². The summed E-state index contributed by atoms with van der Waals surface area (Å²) in [6.45, 7) is 1.41. The lowest BCUT2D eigenvalue weighted by atomic mass is 9.80. The highest BCUT2D eigenvalue weighted by atomic mass is 19.4. The topological polar surface area (TPSA) is 47.9 Å². The van der Waals surface area contributed by atoms with E-state index in [4.69, 9.17) is 14.2 Å². The van der Waals surface area contributed by atoms with Gasteiger partial charge < -0.3 is 19.3 Å². The molecule has 186 valence electrons. The third-order valence-corrected chi connectivity index (χ3v) is 6.27. The van der Waals surface area contributed by atoms with Gasteiger partial charge in [-0.2, -0.15) is 13.2 Å². The van der Waals surface area contributed by atoms with Crippen molar-refractivity contribution in [1.82, 2.24) is 0 Å². The highest BCUT2D eigenvalue weighted by Crippen LogP contribution is 2.41. The Morgan fingerprint density at radius 3 is 1.69 bits per heavy atom. The zero-order valence-corrected chi connectivity index (χ0v) is 19.4. The fourth-order valence-corrected chi connectivity index (χ4v) is 4.44. The minimum atomic E-state index is -4.58. The molecule has 1 aliphatic rings. The Kier molecular flexibility index (Phi) is 7.98.